The smallest absolute Gasteiger partial charge is 0.305 e. The summed E-state index contributed by atoms with van der Waals surface area (Å²) in [4.78, 5) is 26.6. The number of carbonyl (C=O) groups excluding carboxylic acids is 1. The zero-order chi connectivity index (χ0) is 19.6. The van der Waals surface area contributed by atoms with Gasteiger partial charge in [-0.1, -0.05) is 29.3 Å². The maximum absolute atomic E-state index is 13.0. The molecule has 5 nitrogen and oxygen atoms in total. The third-order valence-corrected chi connectivity index (χ3v) is 6.02. The predicted molar refractivity (Wildman–Crippen MR) is 107 cm³/mol. The fourth-order valence-corrected chi connectivity index (χ4v) is 4.35. The molecule has 1 unspecified atom stereocenters. The molecule has 0 saturated heterocycles. The van der Waals surface area contributed by atoms with Crippen molar-refractivity contribution >= 4 is 52.5 Å². The number of carbonyl (C=O) groups is 2. The standard InChI is InChI=1S/C19H17Cl2NO4S/c1-2-26-12-4-6-16-15(8-12)22(19(25)17(27-16)9-18(23)24)10-11-3-5-13(20)14(21)7-11/h3-8,17H,2,9-10H2,1H3,(H,23,24). The van der Waals surface area contributed by atoms with Crippen molar-refractivity contribution in [3.63, 3.8) is 0 Å². The molecule has 2 aromatic carbocycles. The molecule has 142 valence electrons. The van der Waals surface area contributed by atoms with Crippen LogP contribution < -0.4 is 9.64 Å². The van der Waals surface area contributed by atoms with Gasteiger partial charge >= 0.3 is 5.97 Å². The van der Waals surface area contributed by atoms with Crippen LogP contribution in [0.1, 0.15) is 18.9 Å². The monoisotopic (exact) mass is 425 g/mol. The van der Waals surface area contributed by atoms with Gasteiger partial charge in [-0.05, 0) is 36.8 Å². The van der Waals surface area contributed by atoms with Gasteiger partial charge < -0.3 is 14.7 Å². The highest BCUT2D eigenvalue weighted by molar-refractivity contribution is 8.01. The molecule has 0 bridgehead atoms. The highest BCUT2D eigenvalue weighted by Gasteiger charge is 2.35. The summed E-state index contributed by atoms with van der Waals surface area (Å²) in [6.45, 7) is 2.65. The van der Waals surface area contributed by atoms with E-state index in [1.54, 1.807) is 29.2 Å². The molecule has 3 rings (SSSR count). The second-order valence-corrected chi connectivity index (χ2v) is 8.00. The maximum Gasteiger partial charge on any atom is 0.305 e. The lowest BCUT2D eigenvalue weighted by Crippen LogP contribution is -2.41. The number of benzene rings is 2. The van der Waals surface area contributed by atoms with Crippen LogP contribution in [-0.4, -0.2) is 28.8 Å². The normalized spacial score (nSPS) is 16.2. The molecule has 1 aliphatic heterocycles. The molecule has 0 aliphatic carbocycles. The molecule has 27 heavy (non-hydrogen) atoms. The minimum Gasteiger partial charge on any atom is -0.494 e. The van der Waals surface area contributed by atoms with Crippen LogP contribution in [-0.2, 0) is 16.1 Å². The number of hydrogen-bond donors (Lipinski definition) is 1. The first-order valence-corrected chi connectivity index (χ1v) is 9.93. The largest absolute Gasteiger partial charge is 0.494 e. The molecule has 1 atom stereocenters. The van der Waals surface area contributed by atoms with Gasteiger partial charge in [-0.15, -0.1) is 11.8 Å². The summed E-state index contributed by atoms with van der Waals surface area (Å²) < 4.78 is 5.55. The van der Waals surface area contributed by atoms with Crippen molar-refractivity contribution in [2.45, 2.75) is 30.0 Å². The van der Waals surface area contributed by atoms with E-state index in [4.69, 9.17) is 33.0 Å². The molecular formula is C19H17Cl2NO4S. The van der Waals surface area contributed by atoms with E-state index in [1.165, 1.54) is 11.8 Å². The molecule has 2 aromatic rings. The number of ether oxygens (including phenoxy) is 1. The summed E-state index contributed by atoms with van der Waals surface area (Å²) in [5, 5.41) is 9.30. The Balaban J connectivity index is 1.99. The van der Waals surface area contributed by atoms with Crippen molar-refractivity contribution in [3.8, 4) is 5.75 Å². The van der Waals surface area contributed by atoms with Gasteiger partial charge in [-0.25, -0.2) is 0 Å². The minimum atomic E-state index is -1.01. The number of rotatable bonds is 6. The number of aliphatic carboxylic acids is 1. The Kier molecular flexibility index (Phi) is 6.19. The lowest BCUT2D eigenvalue weighted by atomic mass is 10.1. The molecule has 1 aliphatic rings. The average Bonchev–Trinajstić information content (AvgIpc) is 2.62. The number of halogens is 2. The van der Waals surface area contributed by atoms with Crippen LogP contribution >= 0.6 is 35.0 Å². The molecule has 1 amide bonds. The van der Waals surface area contributed by atoms with Crippen molar-refractivity contribution < 1.29 is 19.4 Å². The maximum atomic E-state index is 13.0. The van der Waals surface area contributed by atoms with E-state index >= 15 is 0 Å². The number of carboxylic acid groups (broad SMARTS) is 1. The predicted octanol–water partition coefficient (Wildman–Crippen LogP) is 4.87. The number of thioether (sulfide) groups is 1. The third kappa shape index (κ3) is 4.51. The van der Waals surface area contributed by atoms with E-state index in [-0.39, 0.29) is 18.9 Å². The summed E-state index contributed by atoms with van der Waals surface area (Å²) in [6, 6.07) is 10.7. The van der Waals surface area contributed by atoms with Crippen molar-refractivity contribution in [3.05, 3.63) is 52.0 Å². The van der Waals surface area contributed by atoms with E-state index in [9.17, 15) is 9.59 Å². The molecular weight excluding hydrogens is 409 g/mol. The lowest BCUT2D eigenvalue weighted by molar-refractivity contribution is -0.138. The Bertz CT molecular complexity index is 890. The number of carboxylic acids is 1. The van der Waals surface area contributed by atoms with Crippen molar-refractivity contribution in [2.75, 3.05) is 11.5 Å². The molecule has 0 fully saturated rings. The van der Waals surface area contributed by atoms with Gasteiger partial charge in [-0.3, -0.25) is 9.59 Å². The lowest BCUT2D eigenvalue weighted by Gasteiger charge is -2.33. The summed E-state index contributed by atoms with van der Waals surface area (Å²) >= 11 is 13.3. The molecule has 1 N–H and O–H groups in total. The Morgan fingerprint density at radius 3 is 2.67 bits per heavy atom. The Labute approximate surface area is 171 Å². The van der Waals surface area contributed by atoms with E-state index < -0.39 is 11.2 Å². The average molecular weight is 426 g/mol. The van der Waals surface area contributed by atoms with Gasteiger partial charge in [-0.2, -0.15) is 0 Å². The number of anilines is 1. The summed E-state index contributed by atoms with van der Waals surface area (Å²) in [5.41, 5.74) is 1.50. The van der Waals surface area contributed by atoms with E-state index in [1.807, 2.05) is 19.1 Å². The van der Waals surface area contributed by atoms with E-state index in [0.717, 1.165) is 10.5 Å². The molecule has 0 aromatic heterocycles. The fourth-order valence-electron chi connectivity index (χ4n) is 2.83. The van der Waals surface area contributed by atoms with Crippen LogP contribution in [0.3, 0.4) is 0 Å². The van der Waals surface area contributed by atoms with Crippen LogP contribution in [0, 0.1) is 0 Å². The Morgan fingerprint density at radius 1 is 1.22 bits per heavy atom. The summed E-state index contributed by atoms with van der Waals surface area (Å²) in [5.74, 6) is -0.611. The van der Waals surface area contributed by atoms with E-state index in [0.29, 0.717) is 28.1 Å². The Morgan fingerprint density at radius 2 is 2.00 bits per heavy atom. The van der Waals surface area contributed by atoms with Crippen molar-refractivity contribution in [2.24, 2.45) is 0 Å². The SMILES string of the molecule is CCOc1ccc2c(c1)N(Cc1ccc(Cl)c(Cl)c1)C(=O)C(CC(=O)O)S2. The van der Waals surface area contributed by atoms with Gasteiger partial charge in [0.15, 0.2) is 0 Å². The van der Waals surface area contributed by atoms with Crippen LogP contribution in [0.5, 0.6) is 5.75 Å². The van der Waals surface area contributed by atoms with Gasteiger partial charge in [0.05, 0.1) is 40.6 Å². The number of fused-ring (bicyclic) bond motifs is 1. The quantitative estimate of drug-likeness (QED) is 0.714. The third-order valence-electron chi connectivity index (χ3n) is 4.03. The van der Waals surface area contributed by atoms with Gasteiger partial charge in [0.1, 0.15) is 5.75 Å². The van der Waals surface area contributed by atoms with Crippen molar-refractivity contribution in [1.29, 1.82) is 0 Å². The fraction of sp³-hybridized carbons (Fsp3) is 0.263. The second-order valence-electron chi connectivity index (χ2n) is 5.94. The highest BCUT2D eigenvalue weighted by atomic mass is 35.5. The number of amides is 1. The zero-order valence-corrected chi connectivity index (χ0v) is 16.8. The molecule has 0 spiro atoms. The van der Waals surface area contributed by atoms with Crippen LogP contribution in [0.2, 0.25) is 10.0 Å². The highest BCUT2D eigenvalue weighted by Crippen LogP contribution is 2.43. The second kappa shape index (κ2) is 8.42. The van der Waals surface area contributed by atoms with Gasteiger partial charge in [0.2, 0.25) is 5.91 Å². The Hall–Kier alpha value is -1.89. The van der Waals surface area contributed by atoms with Crippen LogP contribution in [0.4, 0.5) is 5.69 Å². The van der Waals surface area contributed by atoms with Crippen LogP contribution in [0.25, 0.3) is 0 Å². The van der Waals surface area contributed by atoms with Gasteiger partial charge in [0.25, 0.3) is 0 Å². The summed E-state index contributed by atoms with van der Waals surface area (Å²) in [7, 11) is 0. The van der Waals surface area contributed by atoms with Gasteiger partial charge in [0, 0.05) is 11.0 Å². The number of hydrogen-bond acceptors (Lipinski definition) is 4. The number of nitrogens with zero attached hydrogens (tertiary/aromatic N) is 1. The first-order valence-electron chi connectivity index (χ1n) is 8.29. The van der Waals surface area contributed by atoms with Crippen LogP contribution in [0.15, 0.2) is 41.3 Å². The molecule has 0 saturated carbocycles. The molecule has 8 heteroatoms. The van der Waals surface area contributed by atoms with E-state index in [2.05, 4.69) is 0 Å². The molecule has 0 radical (unpaired) electrons. The zero-order valence-electron chi connectivity index (χ0n) is 14.4. The first kappa shape index (κ1) is 19.9. The topological polar surface area (TPSA) is 66.8 Å². The van der Waals surface area contributed by atoms with Crippen molar-refractivity contribution in [1.82, 2.24) is 0 Å². The molecule has 1 heterocycles. The summed E-state index contributed by atoms with van der Waals surface area (Å²) in [6.07, 6.45) is -0.242. The minimum absolute atomic E-state index is 0.242. The first-order chi connectivity index (χ1) is 12.9.